The second-order valence-electron chi connectivity index (χ2n) is 6.03. The molecule has 8 nitrogen and oxygen atoms in total. The fourth-order valence-corrected chi connectivity index (χ4v) is 2.68. The number of benzene rings is 1. The third-order valence-corrected chi connectivity index (χ3v) is 4.31. The number of aliphatic hydroxyl groups is 1. The van der Waals surface area contributed by atoms with Gasteiger partial charge in [0.25, 0.3) is 5.56 Å². The molecule has 0 unspecified atom stereocenters. The van der Waals surface area contributed by atoms with Gasteiger partial charge in [-0.05, 0) is 31.0 Å². The van der Waals surface area contributed by atoms with E-state index in [9.17, 15) is 4.79 Å². The van der Waals surface area contributed by atoms with Gasteiger partial charge >= 0.3 is 0 Å². The monoisotopic (exact) mass is 389 g/mol. The molecule has 142 valence electrons. The maximum atomic E-state index is 12.4. The highest BCUT2D eigenvalue weighted by molar-refractivity contribution is 6.30. The van der Waals surface area contributed by atoms with Gasteiger partial charge in [0.2, 0.25) is 5.89 Å². The minimum absolute atomic E-state index is 0.0245. The highest BCUT2D eigenvalue weighted by Crippen LogP contribution is 2.12. The minimum atomic E-state index is -0.251. The Morgan fingerprint density at radius 2 is 2.04 bits per heavy atom. The molecule has 9 heteroatoms. The van der Waals surface area contributed by atoms with Crippen LogP contribution in [0.3, 0.4) is 0 Å². The van der Waals surface area contributed by atoms with Gasteiger partial charge in [-0.25, -0.2) is 4.68 Å². The first-order valence-electron chi connectivity index (χ1n) is 8.54. The molecule has 0 saturated heterocycles. The SMILES string of the molecule is Cc1c(NCCO)cnn(Cc2nc(CCc3ccc(Cl)cc3)no2)c1=O. The van der Waals surface area contributed by atoms with E-state index in [1.165, 1.54) is 4.68 Å². The van der Waals surface area contributed by atoms with Crippen molar-refractivity contribution in [3.8, 4) is 0 Å². The van der Waals surface area contributed by atoms with Crippen molar-refractivity contribution in [1.82, 2.24) is 19.9 Å². The molecule has 0 spiro atoms. The van der Waals surface area contributed by atoms with Crippen LogP contribution in [0.1, 0.15) is 22.8 Å². The number of aromatic nitrogens is 4. The van der Waals surface area contributed by atoms with Crippen LogP contribution < -0.4 is 10.9 Å². The van der Waals surface area contributed by atoms with E-state index in [1.807, 2.05) is 24.3 Å². The zero-order chi connectivity index (χ0) is 19.2. The van der Waals surface area contributed by atoms with Gasteiger partial charge in [0, 0.05) is 23.6 Å². The summed E-state index contributed by atoms with van der Waals surface area (Å²) in [7, 11) is 0. The van der Waals surface area contributed by atoms with Gasteiger partial charge < -0.3 is 14.9 Å². The van der Waals surface area contributed by atoms with Crippen molar-refractivity contribution in [2.75, 3.05) is 18.5 Å². The molecule has 0 bridgehead atoms. The lowest BCUT2D eigenvalue weighted by Crippen LogP contribution is -2.27. The number of nitrogens with zero attached hydrogens (tertiary/aromatic N) is 4. The number of rotatable bonds is 8. The number of aryl methyl sites for hydroxylation is 2. The first-order valence-corrected chi connectivity index (χ1v) is 8.92. The van der Waals surface area contributed by atoms with E-state index in [0.29, 0.717) is 41.0 Å². The van der Waals surface area contributed by atoms with E-state index in [0.717, 1.165) is 12.0 Å². The number of anilines is 1. The largest absolute Gasteiger partial charge is 0.395 e. The van der Waals surface area contributed by atoms with Crippen LogP contribution in [0.4, 0.5) is 5.69 Å². The van der Waals surface area contributed by atoms with Gasteiger partial charge in [0.05, 0.1) is 18.5 Å². The molecule has 3 aromatic rings. The number of hydrogen-bond donors (Lipinski definition) is 2. The normalized spacial score (nSPS) is 10.9. The van der Waals surface area contributed by atoms with Crippen LogP contribution in [0.15, 0.2) is 39.8 Å². The van der Waals surface area contributed by atoms with Gasteiger partial charge in [-0.2, -0.15) is 10.1 Å². The summed E-state index contributed by atoms with van der Waals surface area (Å²) < 4.78 is 6.51. The van der Waals surface area contributed by atoms with Crippen molar-refractivity contribution in [1.29, 1.82) is 0 Å². The van der Waals surface area contributed by atoms with Crippen LogP contribution in [-0.4, -0.2) is 38.2 Å². The van der Waals surface area contributed by atoms with Crippen molar-refractivity contribution in [2.45, 2.75) is 26.3 Å². The van der Waals surface area contributed by atoms with E-state index < -0.39 is 0 Å². The van der Waals surface area contributed by atoms with Crippen LogP contribution in [0, 0.1) is 6.92 Å². The Bertz CT molecular complexity index is 952. The molecule has 0 fully saturated rings. The predicted molar refractivity (Wildman–Crippen MR) is 101 cm³/mol. The summed E-state index contributed by atoms with van der Waals surface area (Å²) in [6, 6.07) is 7.61. The summed E-state index contributed by atoms with van der Waals surface area (Å²) in [5, 5.41) is 20.6. The van der Waals surface area contributed by atoms with E-state index in [4.69, 9.17) is 21.2 Å². The summed E-state index contributed by atoms with van der Waals surface area (Å²) in [4.78, 5) is 16.7. The first kappa shape index (κ1) is 19.1. The summed E-state index contributed by atoms with van der Waals surface area (Å²) in [5.41, 5.74) is 1.99. The number of hydrogen-bond acceptors (Lipinski definition) is 7. The van der Waals surface area contributed by atoms with Crippen molar-refractivity contribution in [3.63, 3.8) is 0 Å². The third kappa shape index (κ3) is 4.93. The predicted octanol–water partition coefficient (Wildman–Crippen LogP) is 1.83. The van der Waals surface area contributed by atoms with Crippen molar-refractivity contribution >= 4 is 17.3 Å². The Morgan fingerprint density at radius 1 is 1.26 bits per heavy atom. The van der Waals surface area contributed by atoms with Crippen molar-refractivity contribution < 1.29 is 9.63 Å². The molecule has 1 aromatic carbocycles. The molecule has 2 heterocycles. The van der Waals surface area contributed by atoms with Crippen LogP contribution in [-0.2, 0) is 19.4 Å². The van der Waals surface area contributed by atoms with Crippen molar-refractivity contribution in [3.05, 3.63) is 68.7 Å². The Kier molecular flexibility index (Phi) is 6.20. The number of nitrogens with one attached hydrogen (secondary N) is 1. The molecule has 0 saturated carbocycles. The molecule has 0 amide bonds. The molecular weight excluding hydrogens is 370 g/mol. The smallest absolute Gasteiger partial charge is 0.272 e. The zero-order valence-electron chi connectivity index (χ0n) is 14.9. The second kappa shape index (κ2) is 8.79. The van der Waals surface area contributed by atoms with Crippen LogP contribution in [0.2, 0.25) is 5.02 Å². The third-order valence-electron chi connectivity index (χ3n) is 4.06. The Labute approximate surface area is 160 Å². The highest BCUT2D eigenvalue weighted by Gasteiger charge is 2.12. The van der Waals surface area contributed by atoms with Gasteiger partial charge in [0.15, 0.2) is 5.82 Å². The molecule has 27 heavy (non-hydrogen) atoms. The van der Waals surface area contributed by atoms with Gasteiger partial charge in [-0.1, -0.05) is 28.9 Å². The standard InChI is InChI=1S/C18H20ClN5O3/c1-12-15(20-8-9-25)10-21-24(18(12)26)11-17-22-16(23-27-17)7-4-13-2-5-14(19)6-3-13/h2-3,5-6,10,20,25H,4,7-9,11H2,1H3. The van der Waals surface area contributed by atoms with Crippen molar-refractivity contribution in [2.24, 2.45) is 0 Å². The molecule has 0 aliphatic rings. The summed E-state index contributed by atoms with van der Waals surface area (Å²) in [6.45, 7) is 2.13. The molecule has 2 aromatic heterocycles. The molecule has 0 aliphatic carbocycles. The topological polar surface area (TPSA) is 106 Å². The van der Waals surface area contributed by atoms with E-state index in [2.05, 4.69) is 20.6 Å². The maximum absolute atomic E-state index is 12.4. The average molecular weight is 390 g/mol. The minimum Gasteiger partial charge on any atom is -0.395 e. The summed E-state index contributed by atoms with van der Waals surface area (Å²) >= 11 is 5.88. The molecule has 3 rings (SSSR count). The summed E-state index contributed by atoms with van der Waals surface area (Å²) in [5.74, 6) is 0.900. The van der Waals surface area contributed by atoms with Crippen LogP contribution >= 0.6 is 11.6 Å². The Balaban J connectivity index is 1.64. The van der Waals surface area contributed by atoms with E-state index in [1.54, 1.807) is 13.1 Å². The fraction of sp³-hybridized carbons (Fsp3) is 0.333. The fourth-order valence-electron chi connectivity index (χ4n) is 2.56. The van der Waals surface area contributed by atoms with E-state index in [-0.39, 0.29) is 18.7 Å². The first-order chi connectivity index (χ1) is 13.1. The second-order valence-corrected chi connectivity index (χ2v) is 6.46. The van der Waals surface area contributed by atoms with E-state index >= 15 is 0 Å². The lowest BCUT2D eigenvalue weighted by atomic mass is 10.1. The van der Waals surface area contributed by atoms with Gasteiger partial charge in [-0.3, -0.25) is 4.79 Å². The lowest BCUT2D eigenvalue weighted by molar-refractivity contribution is 0.311. The molecule has 0 radical (unpaired) electrons. The molecular formula is C18H20ClN5O3. The highest BCUT2D eigenvalue weighted by atomic mass is 35.5. The quantitative estimate of drug-likeness (QED) is 0.605. The van der Waals surface area contributed by atoms with Crippen LogP contribution in [0.5, 0.6) is 0 Å². The Hall–Kier alpha value is -2.71. The Morgan fingerprint density at radius 3 is 2.78 bits per heavy atom. The van der Waals surface area contributed by atoms with Crippen LogP contribution in [0.25, 0.3) is 0 Å². The molecule has 2 N–H and O–H groups in total. The summed E-state index contributed by atoms with van der Waals surface area (Å²) in [6.07, 6.45) is 2.93. The molecule has 0 aliphatic heterocycles. The molecule has 0 atom stereocenters. The zero-order valence-corrected chi connectivity index (χ0v) is 15.6. The lowest BCUT2D eigenvalue weighted by Gasteiger charge is -2.09. The van der Waals surface area contributed by atoms with Gasteiger partial charge in [-0.15, -0.1) is 0 Å². The number of aliphatic hydroxyl groups excluding tert-OH is 1. The van der Waals surface area contributed by atoms with Gasteiger partial charge in [0.1, 0.15) is 6.54 Å². The number of halogens is 1. The maximum Gasteiger partial charge on any atom is 0.272 e. The average Bonchev–Trinajstić information content (AvgIpc) is 3.12.